The van der Waals surface area contributed by atoms with E-state index in [1.165, 1.54) is 0 Å². The van der Waals surface area contributed by atoms with Crippen molar-refractivity contribution < 1.29 is 10.3 Å². The third kappa shape index (κ3) is 9.45. The van der Waals surface area contributed by atoms with E-state index in [-0.39, 0.29) is 5.96 Å². The van der Waals surface area contributed by atoms with Gasteiger partial charge >= 0.3 is 0 Å². The Kier molecular flexibility index (Phi) is 6.46. The molecule has 0 fully saturated rings. The molecule has 5 N–H and O–H groups in total. The zero-order valence-corrected chi connectivity index (χ0v) is 8.20. The molecule has 1 rings (SSSR count). The van der Waals surface area contributed by atoms with Gasteiger partial charge in [0.25, 0.3) is 5.09 Å². The molecule has 0 saturated carbocycles. The molecule has 1 aromatic carbocycles. The van der Waals surface area contributed by atoms with Crippen molar-refractivity contribution in [1.82, 2.24) is 5.43 Å². The van der Waals surface area contributed by atoms with E-state index in [9.17, 15) is 0 Å². The van der Waals surface area contributed by atoms with E-state index >= 15 is 0 Å². The van der Waals surface area contributed by atoms with Gasteiger partial charge in [-0.15, -0.1) is 10.1 Å². The highest BCUT2D eigenvalue weighted by molar-refractivity contribution is 5.81. The number of benzene rings is 1. The molecular formula is C8H11N5O3. The number of rotatable bonds is 2. The molecular weight excluding hydrogens is 214 g/mol. The fraction of sp³-hybridized carbons (Fsp3) is 0. The lowest BCUT2D eigenvalue weighted by molar-refractivity contribution is -0.742. The van der Waals surface area contributed by atoms with Crippen molar-refractivity contribution in [2.24, 2.45) is 10.8 Å². The highest BCUT2D eigenvalue weighted by Crippen LogP contribution is 1.92. The first-order valence-electron chi connectivity index (χ1n) is 4.03. The number of hydrogen-bond donors (Lipinski definition) is 4. The molecule has 16 heavy (non-hydrogen) atoms. The molecule has 0 atom stereocenters. The van der Waals surface area contributed by atoms with Gasteiger partial charge < -0.3 is 10.9 Å². The second-order valence-electron chi connectivity index (χ2n) is 2.43. The summed E-state index contributed by atoms with van der Waals surface area (Å²) in [5, 5.41) is 24.2. The summed E-state index contributed by atoms with van der Waals surface area (Å²) in [4.78, 5) is 8.36. The Morgan fingerprint density at radius 1 is 1.56 bits per heavy atom. The molecule has 8 nitrogen and oxygen atoms in total. The Morgan fingerprint density at radius 2 is 2.06 bits per heavy atom. The van der Waals surface area contributed by atoms with Crippen LogP contribution in [0.1, 0.15) is 5.56 Å². The first kappa shape index (κ1) is 13.4. The molecule has 0 bridgehead atoms. The SMILES string of the molecule is N=C(N)N/N=C/c1ccccc1.O=[N+]([O-])O. The van der Waals surface area contributed by atoms with E-state index in [1.807, 2.05) is 30.3 Å². The zero-order chi connectivity index (χ0) is 12.4. The minimum absolute atomic E-state index is 0.165. The molecule has 0 aliphatic rings. The molecule has 1 aromatic rings. The van der Waals surface area contributed by atoms with Gasteiger partial charge in [-0.05, 0) is 5.56 Å². The van der Waals surface area contributed by atoms with Gasteiger partial charge in [-0.1, -0.05) is 30.3 Å². The van der Waals surface area contributed by atoms with Crippen LogP contribution in [0.5, 0.6) is 0 Å². The van der Waals surface area contributed by atoms with Gasteiger partial charge in [0.05, 0.1) is 6.21 Å². The minimum atomic E-state index is -1.50. The van der Waals surface area contributed by atoms with Gasteiger partial charge in [-0.2, -0.15) is 5.10 Å². The van der Waals surface area contributed by atoms with Crippen LogP contribution in [0.25, 0.3) is 0 Å². The molecule has 0 unspecified atom stereocenters. The Hall–Kier alpha value is -2.64. The van der Waals surface area contributed by atoms with Gasteiger partial charge in [0.15, 0.2) is 0 Å². The fourth-order valence-electron chi connectivity index (χ4n) is 0.715. The molecule has 0 saturated heterocycles. The van der Waals surface area contributed by atoms with Crippen LogP contribution in [0.4, 0.5) is 0 Å². The maximum atomic E-state index is 8.36. The summed E-state index contributed by atoms with van der Waals surface area (Å²) < 4.78 is 0. The highest BCUT2D eigenvalue weighted by Gasteiger charge is 1.83. The van der Waals surface area contributed by atoms with Crippen LogP contribution in [0.15, 0.2) is 35.4 Å². The Labute approximate surface area is 91.0 Å². The van der Waals surface area contributed by atoms with Gasteiger partial charge in [-0.3, -0.25) is 5.41 Å². The summed E-state index contributed by atoms with van der Waals surface area (Å²) in [6.45, 7) is 0. The van der Waals surface area contributed by atoms with Gasteiger partial charge in [0, 0.05) is 0 Å². The van der Waals surface area contributed by atoms with Gasteiger partial charge in [0.1, 0.15) is 0 Å². The number of nitrogens with zero attached hydrogens (tertiary/aromatic N) is 2. The summed E-state index contributed by atoms with van der Waals surface area (Å²) >= 11 is 0. The van der Waals surface area contributed by atoms with Crippen LogP contribution >= 0.6 is 0 Å². The van der Waals surface area contributed by atoms with Gasteiger partial charge in [0.2, 0.25) is 5.96 Å². The lowest BCUT2D eigenvalue weighted by Crippen LogP contribution is -2.25. The highest BCUT2D eigenvalue weighted by atomic mass is 16.9. The quantitative estimate of drug-likeness (QED) is 0.246. The topological polar surface area (TPSA) is 138 Å². The third-order valence-electron chi connectivity index (χ3n) is 1.20. The zero-order valence-electron chi connectivity index (χ0n) is 8.20. The summed E-state index contributed by atoms with van der Waals surface area (Å²) in [5.74, 6) is -0.165. The second-order valence-corrected chi connectivity index (χ2v) is 2.43. The lowest BCUT2D eigenvalue weighted by Gasteiger charge is -1.93. The molecule has 0 aliphatic heterocycles. The van der Waals surface area contributed by atoms with Crippen LogP contribution in [-0.2, 0) is 0 Å². The summed E-state index contributed by atoms with van der Waals surface area (Å²) in [6, 6.07) is 9.57. The summed E-state index contributed by atoms with van der Waals surface area (Å²) in [5.41, 5.74) is 8.30. The van der Waals surface area contributed by atoms with Crippen molar-refractivity contribution in [3.8, 4) is 0 Å². The van der Waals surface area contributed by atoms with Crippen molar-refractivity contribution in [2.45, 2.75) is 0 Å². The normalized spacial score (nSPS) is 9.00. The molecule has 0 amide bonds. The van der Waals surface area contributed by atoms with Crippen LogP contribution in [0.2, 0.25) is 0 Å². The van der Waals surface area contributed by atoms with E-state index in [4.69, 9.17) is 26.5 Å². The van der Waals surface area contributed by atoms with Crippen molar-refractivity contribution in [3.63, 3.8) is 0 Å². The predicted molar refractivity (Wildman–Crippen MR) is 57.9 cm³/mol. The Morgan fingerprint density at radius 3 is 2.50 bits per heavy atom. The first-order valence-corrected chi connectivity index (χ1v) is 4.03. The van der Waals surface area contributed by atoms with E-state index in [1.54, 1.807) is 6.21 Å². The minimum Gasteiger partial charge on any atom is -0.369 e. The summed E-state index contributed by atoms with van der Waals surface area (Å²) in [6.07, 6.45) is 1.60. The van der Waals surface area contributed by atoms with Crippen molar-refractivity contribution in [1.29, 1.82) is 5.41 Å². The molecule has 0 radical (unpaired) electrons. The number of guanidine groups is 1. The molecule has 86 valence electrons. The van der Waals surface area contributed by atoms with Crippen molar-refractivity contribution in [3.05, 3.63) is 46.0 Å². The maximum absolute atomic E-state index is 8.36. The molecule has 0 aliphatic carbocycles. The molecule has 8 heteroatoms. The lowest BCUT2D eigenvalue weighted by atomic mass is 10.2. The average molecular weight is 225 g/mol. The predicted octanol–water partition coefficient (Wildman–Crippen LogP) is 0.156. The average Bonchev–Trinajstić information content (AvgIpc) is 2.18. The van der Waals surface area contributed by atoms with Crippen molar-refractivity contribution >= 4 is 12.2 Å². The van der Waals surface area contributed by atoms with E-state index in [0.29, 0.717) is 0 Å². The second kappa shape index (κ2) is 7.74. The fourth-order valence-corrected chi connectivity index (χ4v) is 0.715. The van der Waals surface area contributed by atoms with Crippen LogP contribution in [-0.4, -0.2) is 22.5 Å². The summed E-state index contributed by atoms with van der Waals surface area (Å²) in [7, 11) is 0. The standard InChI is InChI=1S/C8H10N4.HNO3/c9-8(10)12-11-6-7-4-2-1-3-5-7;2-1(3)4/h1-6H,(H4,9,10,12);(H,2,3,4)/b11-6+;. The largest absolute Gasteiger partial charge is 0.369 e. The third-order valence-corrected chi connectivity index (χ3v) is 1.20. The smallest absolute Gasteiger partial charge is 0.291 e. The number of nitrogens with one attached hydrogen (secondary N) is 2. The maximum Gasteiger partial charge on any atom is 0.291 e. The number of nitrogens with two attached hydrogens (primary N) is 1. The number of hydrazone groups is 1. The van der Waals surface area contributed by atoms with E-state index in [2.05, 4.69) is 10.5 Å². The monoisotopic (exact) mass is 225 g/mol. The van der Waals surface area contributed by atoms with E-state index < -0.39 is 5.09 Å². The van der Waals surface area contributed by atoms with Crippen LogP contribution in [0.3, 0.4) is 0 Å². The van der Waals surface area contributed by atoms with Crippen molar-refractivity contribution in [2.75, 3.05) is 0 Å². The van der Waals surface area contributed by atoms with Crippen LogP contribution < -0.4 is 11.2 Å². The molecule has 0 heterocycles. The molecule has 0 aromatic heterocycles. The Balaban J connectivity index is 0.000000487. The number of hydrogen-bond acceptors (Lipinski definition) is 4. The van der Waals surface area contributed by atoms with Crippen LogP contribution in [0, 0.1) is 15.5 Å². The molecule has 0 spiro atoms. The van der Waals surface area contributed by atoms with E-state index in [0.717, 1.165) is 5.56 Å². The van der Waals surface area contributed by atoms with Gasteiger partial charge in [-0.25, -0.2) is 5.43 Å². The Bertz CT molecular complexity index is 361. The first-order chi connectivity index (χ1) is 7.52.